The van der Waals surface area contributed by atoms with Gasteiger partial charge in [-0.3, -0.25) is 4.79 Å². The molecule has 5 saturated carbocycles. The molecule has 0 N–H and O–H groups in total. The Morgan fingerprint density at radius 3 is 2.12 bits per heavy atom. The second kappa shape index (κ2) is 5.34. The maximum atomic E-state index is 12.3. The van der Waals surface area contributed by atoms with Gasteiger partial charge in [0, 0.05) is 0 Å². The molecular formula is C20H26O4. The number of ether oxygens (including phenoxy) is 2. The molecule has 4 nitrogen and oxygen atoms in total. The van der Waals surface area contributed by atoms with E-state index in [1.54, 1.807) is 0 Å². The second-order valence-corrected chi connectivity index (χ2v) is 9.07. The van der Waals surface area contributed by atoms with Crippen LogP contribution >= 0.6 is 0 Å². The SMILES string of the molecule is O=C(COC(=O)C1CC2C=CC1C2)OC12CC3CC(CC(C3)C1)C2. The molecule has 0 saturated heterocycles. The minimum absolute atomic E-state index is 0.0488. The Bertz CT molecular complexity index is 557. The smallest absolute Gasteiger partial charge is 0.344 e. The largest absolute Gasteiger partial charge is 0.457 e. The van der Waals surface area contributed by atoms with Crippen LogP contribution in [0.25, 0.3) is 0 Å². The van der Waals surface area contributed by atoms with Crippen LogP contribution in [0.2, 0.25) is 0 Å². The lowest BCUT2D eigenvalue weighted by Gasteiger charge is -2.55. The van der Waals surface area contributed by atoms with E-state index in [1.165, 1.54) is 19.3 Å². The van der Waals surface area contributed by atoms with Gasteiger partial charge in [0.15, 0.2) is 6.61 Å². The Hall–Kier alpha value is -1.32. The molecule has 5 fully saturated rings. The third-order valence-electron chi connectivity index (χ3n) is 7.23. The van der Waals surface area contributed by atoms with Crippen molar-refractivity contribution in [3.05, 3.63) is 12.2 Å². The number of hydrogen-bond acceptors (Lipinski definition) is 4. The summed E-state index contributed by atoms with van der Waals surface area (Å²) in [6, 6.07) is 0. The topological polar surface area (TPSA) is 52.6 Å². The summed E-state index contributed by atoms with van der Waals surface area (Å²) in [5, 5.41) is 0. The van der Waals surface area contributed by atoms with Crippen molar-refractivity contribution in [2.75, 3.05) is 6.61 Å². The lowest BCUT2D eigenvalue weighted by atomic mass is 9.54. The fraction of sp³-hybridized carbons (Fsp3) is 0.800. The van der Waals surface area contributed by atoms with Crippen LogP contribution < -0.4 is 0 Å². The Balaban J connectivity index is 1.15. The standard InChI is InChI=1S/C20H26O4/c21-18(11-23-19(22)17-7-12-1-2-16(17)6-12)24-20-8-13-3-14(9-20)5-15(4-13)10-20/h1-2,12-17H,3-11H2. The molecule has 0 heterocycles. The number of allylic oxidation sites excluding steroid dienone is 2. The fourth-order valence-electron chi connectivity index (χ4n) is 6.72. The van der Waals surface area contributed by atoms with Crippen LogP contribution in [0.15, 0.2) is 12.2 Å². The van der Waals surface area contributed by atoms with Crippen LogP contribution in [-0.2, 0) is 19.1 Å². The first-order valence-corrected chi connectivity index (χ1v) is 9.65. The fourth-order valence-corrected chi connectivity index (χ4v) is 6.72. The van der Waals surface area contributed by atoms with Crippen LogP contribution in [0.5, 0.6) is 0 Å². The zero-order valence-electron chi connectivity index (χ0n) is 14.1. The molecule has 6 rings (SSSR count). The van der Waals surface area contributed by atoms with Gasteiger partial charge in [-0.25, -0.2) is 4.79 Å². The zero-order chi connectivity index (χ0) is 16.3. The number of rotatable bonds is 4. The van der Waals surface area contributed by atoms with Crippen LogP contribution in [0.3, 0.4) is 0 Å². The van der Waals surface area contributed by atoms with Crippen molar-refractivity contribution < 1.29 is 19.1 Å². The Morgan fingerprint density at radius 1 is 0.917 bits per heavy atom. The molecule has 3 unspecified atom stereocenters. The van der Waals surface area contributed by atoms with Crippen molar-refractivity contribution in [3.8, 4) is 0 Å². The van der Waals surface area contributed by atoms with Gasteiger partial charge in [0.25, 0.3) is 0 Å². The maximum absolute atomic E-state index is 12.3. The van der Waals surface area contributed by atoms with Crippen molar-refractivity contribution in [2.45, 2.75) is 57.0 Å². The van der Waals surface area contributed by atoms with E-state index in [1.807, 2.05) is 0 Å². The first kappa shape index (κ1) is 15.0. The predicted octanol–water partition coefficient (Wildman–Crippen LogP) is 3.25. The molecule has 0 spiro atoms. The molecule has 3 atom stereocenters. The monoisotopic (exact) mass is 330 g/mol. The van der Waals surface area contributed by atoms with Gasteiger partial charge >= 0.3 is 11.9 Å². The number of carbonyl (C=O) groups excluding carboxylic acids is 2. The molecular weight excluding hydrogens is 304 g/mol. The quantitative estimate of drug-likeness (QED) is 0.586. The number of fused-ring (bicyclic) bond motifs is 2. The van der Waals surface area contributed by atoms with Gasteiger partial charge in [0.05, 0.1) is 5.92 Å². The molecule has 4 heteroatoms. The molecule has 6 bridgehead atoms. The molecule has 0 aromatic heterocycles. The molecule has 0 aromatic carbocycles. The van der Waals surface area contributed by atoms with E-state index >= 15 is 0 Å². The van der Waals surface area contributed by atoms with Crippen molar-refractivity contribution in [1.29, 1.82) is 0 Å². The normalized spacial score (nSPS) is 47.2. The summed E-state index contributed by atoms with van der Waals surface area (Å²) < 4.78 is 11.2. The van der Waals surface area contributed by atoms with Gasteiger partial charge in [-0.15, -0.1) is 0 Å². The summed E-state index contributed by atoms with van der Waals surface area (Å²) in [7, 11) is 0. The molecule has 0 radical (unpaired) electrons. The molecule has 6 aliphatic carbocycles. The Morgan fingerprint density at radius 2 is 1.58 bits per heavy atom. The Kier molecular flexibility index (Phi) is 3.33. The summed E-state index contributed by atoms with van der Waals surface area (Å²) in [4.78, 5) is 24.5. The lowest BCUT2D eigenvalue weighted by molar-refractivity contribution is -0.193. The first-order valence-electron chi connectivity index (χ1n) is 9.65. The highest BCUT2D eigenvalue weighted by Gasteiger charge is 2.53. The maximum Gasteiger partial charge on any atom is 0.344 e. The summed E-state index contributed by atoms with van der Waals surface area (Å²) in [5.41, 5.74) is -0.243. The van der Waals surface area contributed by atoms with E-state index in [0.717, 1.165) is 49.9 Å². The van der Waals surface area contributed by atoms with E-state index in [4.69, 9.17) is 9.47 Å². The molecule has 0 aliphatic heterocycles. The minimum Gasteiger partial charge on any atom is -0.457 e. The number of carbonyl (C=O) groups is 2. The van der Waals surface area contributed by atoms with Gasteiger partial charge in [-0.05, 0) is 81.0 Å². The van der Waals surface area contributed by atoms with E-state index < -0.39 is 0 Å². The van der Waals surface area contributed by atoms with Gasteiger partial charge in [0.2, 0.25) is 0 Å². The van der Waals surface area contributed by atoms with E-state index in [-0.39, 0.29) is 30.1 Å². The van der Waals surface area contributed by atoms with Crippen LogP contribution in [0.1, 0.15) is 51.4 Å². The molecule has 0 amide bonds. The minimum atomic E-state index is -0.344. The van der Waals surface area contributed by atoms with Gasteiger partial charge in [0.1, 0.15) is 5.60 Å². The summed E-state index contributed by atoms with van der Waals surface area (Å²) >= 11 is 0. The van der Waals surface area contributed by atoms with Crippen LogP contribution in [0.4, 0.5) is 0 Å². The lowest BCUT2D eigenvalue weighted by Crippen LogP contribution is -2.53. The highest BCUT2D eigenvalue weighted by molar-refractivity contribution is 5.78. The van der Waals surface area contributed by atoms with Crippen molar-refractivity contribution in [3.63, 3.8) is 0 Å². The Labute approximate surface area is 143 Å². The summed E-state index contributed by atoms with van der Waals surface area (Å²) in [6.45, 7) is -0.210. The number of esters is 2. The van der Waals surface area contributed by atoms with Crippen molar-refractivity contribution in [2.24, 2.45) is 35.5 Å². The van der Waals surface area contributed by atoms with Crippen molar-refractivity contribution in [1.82, 2.24) is 0 Å². The third kappa shape index (κ3) is 2.49. The average molecular weight is 330 g/mol. The van der Waals surface area contributed by atoms with Crippen molar-refractivity contribution >= 4 is 11.9 Å². The zero-order valence-corrected chi connectivity index (χ0v) is 14.1. The third-order valence-corrected chi connectivity index (χ3v) is 7.23. The van der Waals surface area contributed by atoms with E-state index in [9.17, 15) is 9.59 Å². The highest BCUT2D eigenvalue weighted by atomic mass is 16.6. The molecule has 6 aliphatic rings. The summed E-state index contributed by atoms with van der Waals surface area (Å²) in [5.74, 6) is 2.48. The van der Waals surface area contributed by atoms with Gasteiger partial charge < -0.3 is 9.47 Å². The van der Waals surface area contributed by atoms with E-state index in [2.05, 4.69) is 12.2 Å². The first-order chi connectivity index (χ1) is 11.6. The van der Waals surface area contributed by atoms with E-state index in [0.29, 0.717) is 11.8 Å². The number of hydrogen-bond donors (Lipinski definition) is 0. The van der Waals surface area contributed by atoms with Crippen LogP contribution in [0, 0.1) is 35.5 Å². The van der Waals surface area contributed by atoms with Crippen LogP contribution in [-0.4, -0.2) is 24.1 Å². The molecule has 24 heavy (non-hydrogen) atoms. The molecule has 130 valence electrons. The van der Waals surface area contributed by atoms with Gasteiger partial charge in [-0.2, -0.15) is 0 Å². The summed E-state index contributed by atoms with van der Waals surface area (Å²) in [6.07, 6.45) is 13.3. The molecule has 0 aromatic rings. The highest BCUT2D eigenvalue weighted by Crippen LogP contribution is 2.57. The average Bonchev–Trinajstić information content (AvgIpc) is 3.13. The predicted molar refractivity (Wildman–Crippen MR) is 86.8 cm³/mol. The second-order valence-electron chi connectivity index (χ2n) is 9.07. The van der Waals surface area contributed by atoms with Gasteiger partial charge in [-0.1, -0.05) is 12.2 Å².